The maximum Gasteiger partial charge on any atom is 0.260 e. The summed E-state index contributed by atoms with van der Waals surface area (Å²) in [6.45, 7) is 1.46. The molecule has 2 rings (SSSR count). The topological polar surface area (TPSA) is 61.7 Å². The van der Waals surface area contributed by atoms with Crippen LogP contribution in [-0.2, 0) is 4.79 Å². The van der Waals surface area contributed by atoms with E-state index in [2.05, 4.69) is 10.3 Å². The van der Waals surface area contributed by atoms with Crippen molar-refractivity contribution in [2.75, 3.05) is 5.32 Å². The Morgan fingerprint density at radius 3 is 2.19 bits per heavy atom. The van der Waals surface area contributed by atoms with E-state index >= 15 is 0 Å². The summed E-state index contributed by atoms with van der Waals surface area (Å²) in [5.74, 6) is -0.482. The van der Waals surface area contributed by atoms with Gasteiger partial charge in [0.05, 0.1) is 11.3 Å². The van der Waals surface area contributed by atoms with Gasteiger partial charge in [0, 0.05) is 11.9 Å². The van der Waals surface area contributed by atoms with Gasteiger partial charge < -0.3 is 10.4 Å². The number of aliphatic imine (C=N–C) groups is 1. The Hall–Kier alpha value is -2.88. The molecule has 0 aliphatic rings. The van der Waals surface area contributed by atoms with Gasteiger partial charge >= 0.3 is 0 Å². The van der Waals surface area contributed by atoms with E-state index in [4.69, 9.17) is 0 Å². The van der Waals surface area contributed by atoms with Crippen LogP contribution in [0.3, 0.4) is 0 Å². The predicted octanol–water partition coefficient (Wildman–Crippen LogP) is 3.86. The fraction of sp³-hybridized carbons (Fsp3) is 0.0588. The number of allylic oxidation sites excluding steroid dienone is 1. The van der Waals surface area contributed by atoms with Crippen LogP contribution in [0.25, 0.3) is 0 Å². The van der Waals surface area contributed by atoms with Gasteiger partial charge in [0.2, 0.25) is 0 Å². The van der Waals surface area contributed by atoms with Crippen LogP contribution in [0.2, 0.25) is 0 Å². The number of carbonyl (C=O) groups is 1. The SMILES string of the molecule is CC(O)=C(C=Nc1ccccc1)C(=O)Nc1ccccc1. The molecule has 0 unspecified atom stereocenters. The Balaban J connectivity index is 2.15. The largest absolute Gasteiger partial charge is 0.512 e. The molecule has 4 nitrogen and oxygen atoms in total. The second-order valence-corrected chi connectivity index (χ2v) is 4.41. The molecule has 0 atom stereocenters. The van der Waals surface area contributed by atoms with Gasteiger partial charge in [0.1, 0.15) is 5.76 Å². The minimum absolute atomic E-state index is 0.0805. The fourth-order valence-electron chi connectivity index (χ4n) is 1.69. The predicted molar refractivity (Wildman–Crippen MR) is 85.0 cm³/mol. The molecule has 4 heteroatoms. The lowest BCUT2D eigenvalue weighted by molar-refractivity contribution is -0.112. The van der Waals surface area contributed by atoms with Crippen LogP contribution in [0.5, 0.6) is 0 Å². The van der Waals surface area contributed by atoms with E-state index in [-0.39, 0.29) is 11.3 Å². The third-order valence-corrected chi connectivity index (χ3v) is 2.76. The van der Waals surface area contributed by atoms with Gasteiger partial charge in [0.25, 0.3) is 5.91 Å². The Labute approximate surface area is 123 Å². The van der Waals surface area contributed by atoms with Crippen molar-refractivity contribution in [1.82, 2.24) is 0 Å². The van der Waals surface area contributed by atoms with E-state index < -0.39 is 5.91 Å². The first kappa shape index (κ1) is 14.5. The van der Waals surface area contributed by atoms with Crippen molar-refractivity contribution in [1.29, 1.82) is 0 Å². The summed E-state index contributed by atoms with van der Waals surface area (Å²) in [7, 11) is 0. The van der Waals surface area contributed by atoms with Crippen molar-refractivity contribution in [3.8, 4) is 0 Å². The van der Waals surface area contributed by atoms with Gasteiger partial charge in [-0.3, -0.25) is 9.79 Å². The summed E-state index contributed by atoms with van der Waals surface area (Å²) in [6, 6.07) is 18.3. The summed E-state index contributed by atoms with van der Waals surface area (Å²) in [4.78, 5) is 16.3. The summed E-state index contributed by atoms with van der Waals surface area (Å²) < 4.78 is 0. The quantitative estimate of drug-likeness (QED) is 0.507. The maximum atomic E-state index is 12.2. The number of aliphatic hydroxyl groups excluding tert-OH is 1. The number of carbonyl (C=O) groups excluding carboxylic acids is 1. The summed E-state index contributed by atoms with van der Waals surface area (Å²) in [5.41, 5.74) is 1.50. The highest BCUT2D eigenvalue weighted by Crippen LogP contribution is 2.12. The Kier molecular flexibility index (Phi) is 4.88. The molecule has 0 aromatic heterocycles. The number of rotatable bonds is 4. The Bertz CT molecular complexity index is 658. The van der Waals surface area contributed by atoms with Crippen molar-refractivity contribution in [3.05, 3.63) is 72.0 Å². The second kappa shape index (κ2) is 7.05. The summed E-state index contributed by atoms with van der Waals surface area (Å²) in [5, 5.41) is 12.4. The van der Waals surface area contributed by atoms with Crippen LogP contribution in [0, 0.1) is 0 Å². The van der Waals surface area contributed by atoms with Crippen molar-refractivity contribution >= 4 is 23.5 Å². The van der Waals surface area contributed by atoms with Crippen molar-refractivity contribution in [2.45, 2.75) is 6.92 Å². The highest BCUT2D eigenvalue weighted by atomic mass is 16.3. The molecule has 21 heavy (non-hydrogen) atoms. The number of amides is 1. The minimum Gasteiger partial charge on any atom is -0.512 e. The van der Waals surface area contributed by atoms with Crippen LogP contribution in [-0.4, -0.2) is 17.2 Å². The van der Waals surface area contributed by atoms with E-state index in [1.165, 1.54) is 13.1 Å². The van der Waals surface area contributed by atoms with E-state index in [1.54, 1.807) is 12.1 Å². The van der Waals surface area contributed by atoms with Crippen molar-refractivity contribution in [3.63, 3.8) is 0 Å². The number of aliphatic hydroxyl groups is 1. The minimum atomic E-state index is -0.402. The average molecular weight is 280 g/mol. The first-order valence-electron chi connectivity index (χ1n) is 6.52. The van der Waals surface area contributed by atoms with Gasteiger partial charge in [-0.1, -0.05) is 36.4 Å². The summed E-state index contributed by atoms with van der Waals surface area (Å²) >= 11 is 0. The number of nitrogens with one attached hydrogen (secondary N) is 1. The average Bonchev–Trinajstić information content (AvgIpc) is 2.49. The van der Waals surface area contributed by atoms with Gasteiger partial charge in [-0.15, -0.1) is 0 Å². The Morgan fingerprint density at radius 2 is 1.62 bits per heavy atom. The molecule has 2 aromatic rings. The number of hydrogen-bond donors (Lipinski definition) is 2. The number of benzene rings is 2. The van der Waals surface area contributed by atoms with E-state index in [9.17, 15) is 9.90 Å². The van der Waals surface area contributed by atoms with Crippen molar-refractivity contribution < 1.29 is 9.90 Å². The molecule has 2 aromatic carbocycles. The molecule has 0 radical (unpaired) electrons. The number of para-hydroxylation sites is 2. The number of hydrogen-bond acceptors (Lipinski definition) is 3. The molecule has 0 fully saturated rings. The molecule has 0 bridgehead atoms. The lowest BCUT2D eigenvalue weighted by Crippen LogP contribution is -2.16. The molecular weight excluding hydrogens is 264 g/mol. The molecule has 0 aliphatic carbocycles. The number of nitrogens with zero attached hydrogens (tertiary/aromatic N) is 1. The van der Waals surface area contributed by atoms with Gasteiger partial charge in [-0.05, 0) is 31.2 Å². The zero-order valence-corrected chi connectivity index (χ0v) is 11.7. The molecule has 0 spiro atoms. The standard InChI is InChI=1S/C17H16N2O2/c1-13(20)16(12-18-14-8-4-2-5-9-14)17(21)19-15-10-6-3-7-11-15/h2-12,20H,1H3,(H,19,21). The number of anilines is 1. The first-order chi connectivity index (χ1) is 10.2. The highest BCUT2D eigenvalue weighted by molar-refractivity contribution is 6.18. The molecular formula is C17H16N2O2. The molecule has 106 valence electrons. The third-order valence-electron chi connectivity index (χ3n) is 2.76. The fourth-order valence-corrected chi connectivity index (χ4v) is 1.69. The molecule has 0 aliphatic heterocycles. The zero-order chi connectivity index (χ0) is 15.1. The normalized spacial score (nSPS) is 12.0. The Morgan fingerprint density at radius 1 is 1.05 bits per heavy atom. The van der Waals surface area contributed by atoms with Crippen LogP contribution >= 0.6 is 0 Å². The zero-order valence-electron chi connectivity index (χ0n) is 11.7. The monoisotopic (exact) mass is 280 g/mol. The molecule has 0 heterocycles. The van der Waals surface area contributed by atoms with Crippen molar-refractivity contribution in [2.24, 2.45) is 4.99 Å². The maximum absolute atomic E-state index is 12.2. The smallest absolute Gasteiger partial charge is 0.260 e. The van der Waals surface area contributed by atoms with Crippen LogP contribution in [0.4, 0.5) is 11.4 Å². The summed E-state index contributed by atoms with van der Waals surface area (Å²) in [6.07, 6.45) is 1.36. The first-order valence-corrected chi connectivity index (χ1v) is 6.52. The molecule has 0 saturated heterocycles. The van der Waals surface area contributed by atoms with Crippen LogP contribution < -0.4 is 5.32 Å². The van der Waals surface area contributed by atoms with Gasteiger partial charge in [0.15, 0.2) is 0 Å². The lowest BCUT2D eigenvalue weighted by atomic mass is 10.2. The second-order valence-electron chi connectivity index (χ2n) is 4.41. The van der Waals surface area contributed by atoms with E-state index in [1.807, 2.05) is 48.5 Å². The molecule has 1 amide bonds. The van der Waals surface area contributed by atoms with Gasteiger partial charge in [-0.25, -0.2) is 0 Å². The van der Waals surface area contributed by atoms with E-state index in [0.717, 1.165) is 0 Å². The van der Waals surface area contributed by atoms with Crippen LogP contribution in [0.15, 0.2) is 77.0 Å². The highest BCUT2D eigenvalue weighted by Gasteiger charge is 2.11. The molecule has 0 saturated carbocycles. The van der Waals surface area contributed by atoms with E-state index in [0.29, 0.717) is 11.4 Å². The third kappa shape index (κ3) is 4.31. The molecule has 2 N–H and O–H groups in total. The van der Waals surface area contributed by atoms with Crippen LogP contribution in [0.1, 0.15) is 6.92 Å². The lowest BCUT2D eigenvalue weighted by Gasteiger charge is -2.06. The van der Waals surface area contributed by atoms with Gasteiger partial charge in [-0.2, -0.15) is 0 Å².